The number of carbonyl (C=O) groups is 2. The van der Waals surface area contributed by atoms with Crippen molar-refractivity contribution in [3.8, 4) is 5.75 Å². The molecular formula is C24H29N3O4. The minimum Gasteiger partial charge on any atom is -0.497 e. The van der Waals surface area contributed by atoms with E-state index in [0.717, 1.165) is 22.6 Å². The Kier molecular flexibility index (Phi) is 7.78. The zero-order valence-corrected chi connectivity index (χ0v) is 18.3. The monoisotopic (exact) mass is 423 g/mol. The summed E-state index contributed by atoms with van der Waals surface area (Å²) < 4.78 is 10.4. The quantitative estimate of drug-likeness (QED) is 0.621. The number of carbonyl (C=O) groups excluding carboxylic acids is 2. The van der Waals surface area contributed by atoms with Gasteiger partial charge in [0.05, 0.1) is 25.5 Å². The van der Waals surface area contributed by atoms with Crippen molar-refractivity contribution >= 4 is 17.5 Å². The Balaban J connectivity index is 1.89. The number of methoxy groups -OCH3 is 2. The Bertz CT molecular complexity index is 929. The molecule has 1 atom stereocenters. The molecular weight excluding hydrogens is 394 g/mol. The first-order valence-corrected chi connectivity index (χ1v) is 10.4. The van der Waals surface area contributed by atoms with Crippen LogP contribution in [-0.2, 0) is 14.3 Å². The molecule has 3 rings (SSSR count). The topological polar surface area (TPSA) is 71.4 Å². The molecule has 0 aromatic heterocycles. The van der Waals surface area contributed by atoms with E-state index in [0.29, 0.717) is 26.0 Å². The number of ether oxygens (including phenoxy) is 2. The number of nitrogens with zero attached hydrogens (tertiary/aromatic N) is 3. The fraction of sp³-hybridized carbons (Fsp3) is 0.375. The van der Waals surface area contributed by atoms with Crippen molar-refractivity contribution in [2.24, 2.45) is 5.10 Å². The second kappa shape index (κ2) is 10.7. The first kappa shape index (κ1) is 22.5. The lowest BCUT2D eigenvalue weighted by molar-refractivity contribution is -0.141. The van der Waals surface area contributed by atoms with Crippen LogP contribution in [-0.4, -0.2) is 61.4 Å². The van der Waals surface area contributed by atoms with Crippen LogP contribution < -0.4 is 4.74 Å². The molecule has 1 aliphatic rings. The molecule has 2 aromatic carbocycles. The maximum absolute atomic E-state index is 13.3. The van der Waals surface area contributed by atoms with E-state index in [9.17, 15) is 9.59 Å². The average molecular weight is 424 g/mol. The number of rotatable bonds is 9. The third kappa shape index (κ3) is 5.49. The fourth-order valence-electron chi connectivity index (χ4n) is 3.60. The summed E-state index contributed by atoms with van der Waals surface area (Å²) >= 11 is 0. The molecule has 7 heteroatoms. The third-order valence-electron chi connectivity index (χ3n) is 5.30. The molecule has 2 amide bonds. The van der Waals surface area contributed by atoms with E-state index in [1.807, 2.05) is 54.6 Å². The highest BCUT2D eigenvalue weighted by molar-refractivity contribution is 6.03. The highest BCUT2D eigenvalue weighted by Gasteiger charge is 2.34. The van der Waals surface area contributed by atoms with E-state index in [2.05, 4.69) is 5.10 Å². The van der Waals surface area contributed by atoms with Gasteiger partial charge in [0, 0.05) is 32.1 Å². The summed E-state index contributed by atoms with van der Waals surface area (Å²) in [6.07, 6.45) is 0.917. The standard InChI is InChI=1S/C24H29N3O4/c1-4-23(28)26(13-14-30-2)17-24(29)27-22(18-9-6-5-7-10-18)16-21(25-27)19-11-8-12-20(15-19)31-3/h5-12,15,22H,4,13-14,16-17H2,1-3H3/t22-/m0/s1. The Hall–Kier alpha value is -3.19. The Morgan fingerprint density at radius 2 is 1.90 bits per heavy atom. The lowest BCUT2D eigenvalue weighted by atomic mass is 9.98. The molecule has 0 spiro atoms. The van der Waals surface area contributed by atoms with Gasteiger partial charge in [0.2, 0.25) is 5.91 Å². The summed E-state index contributed by atoms with van der Waals surface area (Å²) in [5.41, 5.74) is 2.73. The van der Waals surface area contributed by atoms with Gasteiger partial charge in [-0.15, -0.1) is 0 Å². The van der Waals surface area contributed by atoms with Crippen LogP contribution in [0.2, 0.25) is 0 Å². The van der Waals surface area contributed by atoms with Gasteiger partial charge < -0.3 is 14.4 Å². The Morgan fingerprint density at radius 1 is 1.13 bits per heavy atom. The third-order valence-corrected chi connectivity index (χ3v) is 5.30. The Labute approximate surface area is 183 Å². The van der Waals surface area contributed by atoms with E-state index < -0.39 is 0 Å². The van der Waals surface area contributed by atoms with Crippen molar-refractivity contribution in [2.45, 2.75) is 25.8 Å². The number of benzene rings is 2. The van der Waals surface area contributed by atoms with Gasteiger partial charge in [-0.1, -0.05) is 49.4 Å². The minimum absolute atomic E-state index is 0.0335. The molecule has 0 saturated carbocycles. The molecule has 0 bridgehead atoms. The Morgan fingerprint density at radius 3 is 2.58 bits per heavy atom. The summed E-state index contributed by atoms with van der Waals surface area (Å²) in [4.78, 5) is 27.1. The van der Waals surface area contributed by atoms with Gasteiger partial charge in [-0.3, -0.25) is 9.59 Å². The second-order valence-corrected chi connectivity index (χ2v) is 7.31. The highest BCUT2D eigenvalue weighted by atomic mass is 16.5. The van der Waals surface area contributed by atoms with Crippen LogP contribution in [0.1, 0.15) is 36.9 Å². The molecule has 0 unspecified atom stereocenters. The molecule has 1 heterocycles. The maximum Gasteiger partial charge on any atom is 0.262 e. The normalized spacial score (nSPS) is 15.5. The molecule has 31 heavy (non-hydrogen) atoms. The van der Waals surface area contributed by atoms with Gasteiger partial charge >= 0.3 is 0 Å². The SMILES string of the molecule is CCC(=O)N(CCOC)CC(=O)N1N=C(c2cccc(OC)c2)C[C@H]1c1ccccc1. The van der Waals surface area contributed by atoms with Gasteiger partial charge in [-0.2, -0.15) is 5.10 Å². The predicted molar refractivity (Wildman–Crippen MR) is 119 cm³/mol. The van der Waals surface area contributed by atoms with E-state index in [1.165, 1.54) is 9.91 Å². The van der Waals surface area contributed by atoms with Gasteiger partial charge in [-0.05, 0) is 17.7 Å². The first-order valence-electron chi connectivity index (χ1n) is 10.4. The molecule has 164 valence electrons. The van der Waals surface area contributed by atoms with Crippen LogP contribution in [0.5, 0.6) is 5.75 Å². The average Bonchev–Trinajstić information content (AvgIpc) is 3.27. The largest absolute Gasteiger partial charge is 0.497 e. The lowest BCUT2D eigenvalue weighted by Crippen LogP contribution is -2.42. The highest BCUT2D eigenvalue weighted by Crippen LogP contribution is 2.33. The fourth-order valence-corrected chi connectivity index (χ4v) is 3.60. The van der Waals surface area contributed by atoms with Gasteiger partial charge in [-0.25, -0.2) is 5.01 Å². The van der Waals surface area contributed by atoms with Crippen LogP contribution in [0.15, 0.2) is 59.7 Å². The summed E-state index contributed by atoms with van der Waals surface area (Å²) in [5.74, 6) is 0.433. The van der Waals surface area contributed by atoms with E-state index in [1.54, 1.807) is 21.1 Å². The number of amides is 2. The van der Waals surface area contributed by atoms with Crippen LogP contribution in [0, 0.1) is 0 Å². The summed E-state index contributed by atoms with van der Waals surface area (Å²) in [7, 11) is 3.20. The molecule has 0 saturated heterocycles. The maximum atomic E-state index is 13.3. The smallest absolute Gasteiger partial charge is 0.262 e. The molecule has 2 aromatic rings. The molecule has 0 aliphatic carbocycles. The lowest BCUT2D eigenvalue weighted by Gasteiger charge is -2.26. The van der Waals surface area contributed by atoms with Crippen LogP contribution in [0.4, 0.5) is 0 Å². The second-order valence-electron chi connectivity index (χ2n) is 7.31. The van der Waals surface area contributed by atoms with Gasteiger partial charge in [0.15, 0.2) is 0 Å². The number of hydrazone groups is 1. The van der Waals surface area contributed by atoms with Crippen molar-refractivity contribution in [1.82, 2.24) is 9.91 Å². The minimum atomic E-state index is -0.226. The van der Waals surface area contributed by atoms with E-state index in [4.69, 9.17) is 9.47 Å². The van der Waals surface area contributed by atoms with Gasteiger partial charge in [0.1, 0.15) is 12.3 Å². The molecule has 7 nitrogen and oxygen atoms in total. The summed E-state index contributed by atoms with van der Waals surface area (Å²) in [5, 5.41) is 6.21. The van der Waals surface area contributed by atoms with Crippen molar-refractivity contribution < 1.29 is 19.1 Å². The molecule has 0 N–H and O–H groups in total. The number of hydrogen-bond donors (Lipinski definition) is 0. The summed E-state index contributed by atoms with van der Waals surface area (Å²) in [6, 6.07) is 17.3. The summed E-state index contributed by atoms with van der Waals surface area (Å²) in [6.45, 7) is 2.49. The van der Waals surface area contributed by atoms with Crippen molar-refractivity contribution in [1.29, 1.82) is 0 Å². The van der Waals surface area contributed by atoms with Gasteiger partial charge in [0.25, 0.3) is 5.91 Å². The van der Waals surface area contributed by atoms with E-state index >= 15 is 0 Å². The van der Waals surface area contributed by atoms with Crippen molar-refractivity contribution in [3.05, 3.63) is 65.7 Å². The van der Waals surface area contributed by atoms with Crippen LogP contribution >= 0.6 is 0 Å². The molecule has 1 aliphatic heterocycles. The van der Waals surface area contributed by atoms with E-state index in [-0.39, 0.29) is 24.4 Å². The molecule has 0 fully saturated rings. The zero-order valence-electron chi connectivity index (χ0n) is 18.3. The zero-order chi connectivity index (χ0) is 22.2. The first-order chi connectivity index (χ1) is 15.1. The number of hydrogen-bond acceptors (Lipinski definition) is 5. The van der Waals surface area contributed by atoms with Crippen LogP contribution in [0.25, 0.3) is 0 Å². The van der Waals surface area contributed by atoms with Crippen LogP contribution in [0.3, 0.4) is 0 Å². The van der Waals surface area contributed by atoms with Crippen molar-refractivity contribution in [2.75, 3.05) is 33.9 Å². The van der Waals surface area contributed by atoms with Crippen molar-refractivity contribution in [3.63, 3.8) is 0 Å². The molecule has 0 radical (unpaired) electrons. The predicted octanol–water partition coefficient (Wildman–Crippen LogP) is 3.26.